The van der Waals surface area contributed by atoms with Gasteiger partial charge in [-0.1, -0.05) is 29.8 Å². The zero-order valence-electron chi connectivity index (χ0n) is 14.0. The minimum Gasteiger partial charge on any atom is -0.480 e. The number of nitro groups is 1. The van der Waals surface area contributed by atoms with Gasteiger partial charge in [0.05, 0.1) is 28.3 Å². The number of rotatable bonds is 6. The van der Waals surface area contributed by atoms with Gasteiger partial charge in [0.2, 0.25) is 0 Å². The molecule has 0 fully saturated rings. The maximum atomic E-state index is 11.5. The average Bonchev–Trinajstić information content (AvgIpc) is 3.14. The fourth-order valence-corrected chi connectivity index (χ4v) is 3.43. The van der Waals surface area contributed by atoms with Gasteiger partial charge in [-0.2, -0.15) is 0 Å². The number of nitrogens with zero attached hydrogens (tertiary/aromatic N) is 2. The highest BCUT2D eigenvalue weighted by Crippen LogP contribution is 2.32. The molecule has 0 bridgehead atoms. The molecule has 1 aromatic heterocycles. The Balaban J connectivity index is 1.78. The summed E-state index contributed by atoms with van der Waals surface area (Å²) in [4.78, 5) is 26.6. The Morgan fingerprint density at radius 3 is 2.78 bits per heavy atom. The van der Waals surface area contributed by atoms with E-state index in [0.717, 1.165) is 16.6 Å². The second-order valence-corrected chi connectivity index (χ2v) is 6.61. The molecular formula is C18H13ClN2O5S. The molecule has 27 heavy (non-hydrogen) atoms. The standard InChI is InChI=1S/C18H13ClN2O5S/c1-25-18(22)11-6-7-16(15(8-11)21(23)24)26-9-12-10-27-17(20-12)13-4-2-3-5-14(13)19/h2-8,10H,9H2,1H3. The highest BCUT2D eigenvalue weighted by atomic mass is 35.5. The Kier molecular flexibility index (Phi) is 5.68. The summed E-state index contributed by atoms with van der Waals surface area (Å²) in [5.74, 6) is -0.617. The van der Waals surface area contributed by atoms with Crippen LogP contribution in [0.5, 0.6) is 5.75 Å². The Morgan fingerprint density at radius 1 is 1.30 bits per heavy atom. The van der Waals surface area contributed by atoms with Crippen LogP contribution in [-0.4, -0.2) is 23.0 Å². The van der Waals surface area contributed by atoms with Crippen LogP contribution in [0, 0.1) is 10.1 Å². The number of esters is 1. The van der Waals surface area contributed by atoms with E-state index in [1.807, 2.05) is 18.2 Å². The molecule has 0 atom stereocenters. The maximum absolute atomic E-state index is 11.5. The monoisotopic (exact) mass is 404 g/mol. The smallest absolute Gasteiger partial charge is 0.338 e. The molecule has 3 aromatic rings. The molecule has 0 unspecified atom stereocenters. The van der Waals surface area contributed by atoms with Gasteiger partial charge in [-0.25, -0.2) is 9.78 Å². The van der Waals surface area contributed by atoms with Crippen LogP contribution in [0.15, 0.2) is 47.8 Å². The van der Waals surface area contributed by atoms with Crippen LogP contribution in [0.2, 0.25) is 5.02 Å². The molecule has 1 heterocycles. The highest BCUT2D eigenvalue weighted by molar-refractivity contribution is 7.13. The lowest BCUT2D eigenvalue weighted by Gasteiger charge is -2.06. The van der Waals surface area contributed by atoms with Crippen LogP contribution in [0.1, 0.15) is 16.1 Å². The van der Waals surface area contributed by atoms with Crippen LogP contribution in [0.3, 0.4) is 0 Å². The number of hydrogen-bond donors (Lipinski definition) is 0. The first-order valence-corrected chi connectivity index (χ1v) is 8.94. The topological polar surface area (TPSA) is 91.6 Å². The van der Waals surface area contributed by atoms with Crippen molar-refractivity contribution in [3.63, 3.8) is 0 Å². The SMILES string of the molecule is COC(=O)c1ccc(OCc2csc(-c3ccccc3Cl)n2)c([N+](=O)[O-])c1. The van der Waals surface area contributed by atoms with Gasteiger partial charge in [-0.3, -0.25) is 10.1 Å². The quantitative estimate of drug-likeness (QED) is 0.335. The largest absolute Gasteiger partial charge is 0.480 e. The molecule has 0 N–H and O–H groups in total. The van der Waals surface area contributed by atoms with E-state index in [1.54, 1.807) is 11.4 Å². The van der Waals surface area contributed by atoms with Gasteiger partial charge in [-0.15, -0.1) is 11.3 Å². The molecule has 2 aromatic carbocycles. The van der Waals surface area contributed by atoms with Crippen molar-refractivity contribution in [2.75, 3.05) is 7.11 Å². The van der Waals surface area contributed by atoms with Crippen LogP contribution in [0.4, 0.5) is 5.69 Å². The van der Waals surface area contributed by atoms with E-state index in [9.17, 15) is 14.9 Å². The van der Waals surface area contributed by atoms with Gasteiger partial charge in [0.25, 0.3) is 0 Å². The number of thiazole rings is 1. The third-order valence-corrected chi connectivity index (χ3v) is 4.86. The van der Waals surface area contributed by atoms with Gasteiger partial charge in [0, 0.05) is 17.0 Å². The summed E-state index contributed by atoms with van der Waals surface area (Å²) >= 11 is 7.57. The van der Waals surface area contributed by atoms with Crippen molar-refractivity contribution in [1.82, 2.24) is 4.98 Å². The molecule has 0 amide bonds. The molecule has 0 saturated heterocycles. The predicted octanol–water partition coefficient (Wildman–Crippen LogP) is 4.74. The molecule has 138 valence electrons. The Labute approximate surface area is 163 Å². The Bertz CT molecular complexity index is 1000. The molecule has 0 radical (unpaired) electrons. The van der Waals surface area contributed by atoms with Gasteiger partial charge in [-0.05, 0) is 18.2 Å². The van der Waals surface area contributed by atoms with E-state index in [2.05, 4.69) is 9.72 Å². The minimum atomic E-state index is -0.659. The molecular weight excluding hydrogens is 392 g/mol. The van der Waals surface area contributed by atoms with Crippen molar-refractivity contribution >= 4 is 34.6 Å². The first kappa shape index (κ1) is 18.8. The lowest BCUT2D eigenvalue weighted by atomic mass is 10.2. The lowest BCUT2D eigenvalue weighted by molar-refractivity contribution is -0.386. The number of aromatic nitrogens is 1. The predicted molar refractivity (Wildman–Crippen MR) is 101 cm³/mol. The van der Waals surface area contributed by atoms with Gasteiger partial charge < -0.3 is 9.47 Å². The van der Waals surface area contributed by atoms with Crippen molar-refractivity contribution in [2.24, 2.45) is 0 Å². The van der Waals surface area contributed by atoms with Crippen molar-refractivity contribution in [1.29, 1.82) is 0 Å². The van der Waals surface area contributed by atoms with E-state index in [-0.39, 0.29) is 23.6 Å². The van der Waals surface area contributed by atoms with E-state index in [0.29, 0.717) is 10.7 Å². The number of hydrogen-bond acceptors (Lipinski definition) is 7. The van der Waals surface area contributed by atoms with Crippen molar-refractivity contribution in [3.8, 4) is 16.3 Å². The lowest BCUT2D eigenvalue weighted by Crippen LogP contribution is -2.04. The molecule has 0 aliphatic carbocycles. The van der Waals surface area contributed by atoms with Crippen molar-refractivity contribution in [2.45, 2.75) is 6.61 Å². The zero-order valence-corrected chi connectivity index (χ0v) is 15.6. The third-order valence-electron chi connectivity index (χ3n) is 3.61. The molecule has 9 heteroatoms. The van der Waals surface area contributed by atoms with Crippen molar-refractivity contribution < 1.29 is 19.2 Å². The molecule has 0 spiro atoms. The minimum absolute atomic E-state index is 0.0410. The summed E-state index contributed by atoms with van der Waals surface area (Å²) in [5, 5.41) is 14.4. The number of ether oxygens (including phenoxy) is 2. The zero-order chi connectivity index (χ0) is 19.4. The van der Waals surface area contributed by atoms with E-state index in [4.69, 9.17) is 16.3 Å². The first-order chi connectivity index (χ1) is 13.0. The van der Waals surface area contributed by atoms with E-state index in [1.165, 1.54) is 30.6 Å². The Hall–Kier alpha value is -2.97. The number of benzene rings is 2. The van der Waals surface area contributed by atoms with Crippen LogP contribution >= 0.6 is 22.9 Å². The summed E-state index contributed by atoms with van der Waals surface area (Å²) in [6.07, 6.45) is 0. The van der Waals surface area contributed by atoms with E-state index >= 15 is 0 Å². The van der Waals surface area contributed by atoms with Crippen LogP contribution < -0.4 is 4.74 Å². The number of nitro benzene ring substituents is 1. The number of carbonyl (C=O) groups excluding carboxylic acids is 1. The molecule has 0 saturated carbocycles. The summed E-state index contributed by atoms with van der Waals surface area (Å²) in [7, 11) is 1.21. The van der Waals surface area contributed by atoms with Crippen LogP contribution in [-0.2, 0) is 11.3 Å². The van der Waals surface area contributed by atoms with Crippen LogP contribution in [0.25, 0.3) is 10.6 Å². The highest BCUT2D eigenvalue weighted by Gasteiger charge is 2.19. The summed E-state index contributed by atoms with van der Waals surface area (Å²) in [6, 6.07) is 11.2. The Morgan fingerprint density at radius 2 is 2.07 bits per heavy atom. The fourth-order valence-electron chi connectivity index (χ4n) is 2.31. The van der Waals surface area contributed by atoms with Gasteiger partial charge in [0.15, 0.2) is 5.75 Å². The second kappa shape index (κ2) is 8.15. The summed E-state index contributed by atoms with van der Waals surface area (Å²) in [5.41, 5.74) is 1.18. The molecule has 3 rings (SSSR count). The van der Waals surface area contributed by atoms with Crippen molar-refractivity contribution in [3.05, 3.63) is 74.2 Å². The molecule has 0 aliphatic rings. The van der Waals surface area contributed by atoms with Gasteiger partial charge >= 0.3 is 11.7 Å². The molecule has 0 aliphatic heterocycles. The molecule has 7 nitrogen and oxygen atoms in total. The van der Waals surface area contributed by atoms with Gasteiger partial charge in [0.1, 0.15) is 11.6 Å². The first-order valence-electron chi connectivity index (χ1n) is 7.68. The number of halogens is 1. The summed E-state index contributed by atoms with van der Waals surface area (Å²) < 4.78 is 10.1. The second-order valence-electron chi connectivity index (χ2n) is 5.34. The average molecular weight is 405 g/mol. The maximum Gasteiger partial charge on any atom is 0.338 e. The summed E-state index contributed by atoms with van der Waals surface area (Å²) in [6.45, 7) is 0.0410. The normalized spacial score (nSPS) is 10.4. The third kappa shape index (κ3) is 4.24. The number of carbonyl (C=O) groups is 1. The number of methoxy groups -OCH3 is 1. The fraction of sp³-hybridized carbons (Fsp3) is 0.111. The van der Waals surface area contributed by atoms with E-state index < -0.39 is 10.9 Å².